The maximum absolute atomic E-state index is 12.7. The van der Waals surface area contributed by atoms with Gasteiger partial charge in [0.05, 0.1) is 12.5 Å². The van der Waals surface area contributed by atoms with Gasteiger partial charge in [-0.15, -0.1) is 0 Å². The van der Waals surface area contributed by atoms with Crippen LogP contribution in [-0.4, -0.2) is 18.5 Å². The molecule has 0 N–H and O–H groups in total. The van der Waals surface area contributed by atoms with Crippen molar-refractivity contribution in [2.75, 3.05) is 6.61 Å². The van der Waals surface area contributed by atoms with Crippen LogP contribution in [0.1, 0.15) is 31.4 Å². The number of ether oxygens (including phenoxy) is 2. The van der Waals surface area contributed by atoms with E-state index in [-0.39, 0.29) is 29.4 Å². The second kappa shape index (κ2) is 4.75. The zero-order valence-corrected chi connectivity index (χ0v) is 13.9. The van der Waals surface area contributed by atoms with Crippen molar-refractivity contribution < 1.29 is 23.5 Å². The van der Waals surface area contributed by atoms with Gasteiger partial charge in [0, 0.05) is 33.5 Å². The van der Waals surface area contributed by atoms with E-state index in [1.54, 1.807) is 12.5 Å². The van der Waals surface area contributed by atoms with E-state index < -0.39 is 5.41 Å². The molecule has 0 radical (unpaired) electrons. The quantitative estimate of drug-likeness (QED) is 0.735. The van der Waals surface area contributed by atoms with Crippen LogP contribution in [0.5, 0.6) is 0 Å². The van der Waals surface area contributed by atoms with Gasteiger partial charge in [-0.2, -0.15) is 0 Å². The van der Waals surface area contributed by atoms with Crippen LogP contribution < -0.4 is 0 Å². The van der Waals surface area contributed by atoms with E-state index in [9.17, 15) is 9.59 Å². The van der Waals surface area contributed by atoms with E-state index in [1.807, 2.05) is 24.3 Å². The van der Waals surface area contributed by atoms with E-state index in [2.05, 4.69) is 13.0 Å². The third-order valence-electron chi connectivity index (χ3n) is 6.34. The Balaban J connectivity index is 1.62. The van der Waals surface area contributed by atoms with Gasteiger partial charge in [0.15, 0.2) is 0 Å². The lowest BCUT2D eigenvalue weighted by Crippen LogP contribution is -2.51. The van der Waals surface area contributed by atoms with Crippen molar-refractivity contribution in [2.45, 2.75) is 25.9 Å². The lowest BCUT2D eigenvalue weighted by Gasteiger charge is -2.53. The highest BCUT2D eigenvalue weighted by Gasteiger charge is 2.61. The van der Waals surface area contributed by atoms with Crippen molar-refractivity contribution in [3.63, 3.8) is 0 Å². The maximum Gasteiger partial charge on any atom is 0.334 e. The molecule has 1 spiro atoms. The normalized spacial score (nSPS) is 38.8. The summed E-state index contributed by atoms with van der Waals surface area (Å²) >= 11 is 0. The summed E-state index contributed by atoms with van der Waals surface area (Å²) in [7, 11) is 0. The molecule has 0 saturated carbocycles. The van der Waals surface area contributed by atoms with Crippen LogP contribution in [0.2, 0.25) is 0 Å². The van der Waals surface area contributed by atoms with Gasteiger partial charge in [-0.1, -0.05) is 31.2 Å². The van der Waals surface area contributed by atoms with E-state index in [0.717, 1.165) is 11.1 Å². The summed E-state index contributed by atoms with van der Waals surface area (Å²) in [5.41, 5.74) is 1.52. The number of allylic oxidation sites excluding steroid dienone is 4. The molecule has 0 amide bonds. The summed E-state index contributed by atoms with van der Waals surface area (Å²) in [6, 6.07) is 1.83. The van der Waals surface area contributed by atoms with Crippen LogP contribution in [-0.2, 0) is 19.1 Å². The third-order valence-corrected chi connectivity index (χ3v) is 6.34. The highest BCUT2D eigenvalue weighted by Crippen LogP contribution is 2.63. The summed E-state index contributed by atoms with van der Waals surface area (Å²) < 4.78 is 16.2. The molecule has 25 heavy (non-hydrogen) atoms. The van der Waals surface area contributed by atoms with Crippen molar-refractivity contribution in [3.8, 4) is 0 Å². The van der Waals surface area contributed by atoms with E-state index in [0.29, 0.717) is 25.0 Å². The molecular weight excluding hydrogens is 320 g/mol. The SMILES string of the molecule is C[C@@]12C[C@@H](c3ccoc3)OC(=O)C1=CC[C@]13COC(=O)C1=CC=CC32. The molecule has 2 aliphatic carbocycles. The average molecular weight is 338 g/mol. The number of furan rings is 1. The predicted molar refractivity (Wildman–Crippen MR) is 87.1 cm³/mol. The fraction of sp³-hybridized carbons (Fsp3) is 0.400. The number of hydrogen-bond acceptors (Lipinski definition) is 5. The monoisotopic (exact) mass is 338 g/mol. The molecule has 5 rings (SSSR count). The molecule has 5 heteroatoms. The first-order valence-corrected chi connectivity index (χ1v) is 8.54. The number of rotatable bonds is 1. The van der Waals surface area contributed by atoms with E-state index >= 15 is 0 Å². The number of hydrogen-bond donors (Lipinski definition) is 0. The molecule has 4 aliphatic rings. The lowest BCUT2D eigenvalue weighted by atomic mass is 9.50. The number of carbonyl (C=O) groups excluding carboxylic acids is 2. The molecule has 1 aromatic rings. The van der Waals surface area contributed by atoms with E-state index in [4.69, 9.17) is 13.9 Å². The van der Waals surface area contributed by atoms with Gasteiger partial charge in [-0.25, -0.2) is 9.59 Å². The van der Waals surface area contributed by atoms with Gasteiger partial charge in [0.2, 0.25) is 0 Å². The smallest absolute Gasteiger partial charge is 0.334 e. The number of esters is 2. The first-order valence-electron chi connectivity index (χ1n) is 8.54. The second-order valence-corrected chi connectivity index (χ2v) is 7.57. The van der Waals surface area contributed by atoms with Crippen molar-refractivity contribution >= 4 is 11.9 Å². The van der Waals surface area contributed by atoms with Gasteiger partial charge in [-0.3, -0.25) is 0 Å². The number of cyclic esters (lactones) is 2. The minimum atomic E-state index is -0.417. The molecule has 0 aromatic carbocycles. The van der Waals surface area contributed by atoms with Crippen LogP contribution >= 0.6 is 0 Å². The molecule has 128 valence electrons. The molecule has 1 unspecified atom stereocenters. The standard InChI is InChI=1S/C20H18O5/c1-19-9-15(12-6-8-23-10-12)25-18(22)13(19)5-7-20-11-24-17(21)14(20)3-2-4-16(19)20/h2-6,8,10,15-16H,7,9,11H2,1H3/t15-,16?,19+,20-/m0/s1. The van der Waals surface area contributed by atoms with Gasteiger partial charge in [0.25, 0.3) is 0 Å². The van der Waals surface area contributed by atoms with Crippen LogP contribution in [0.3, 0.4) is 0 Å². The Hall–Kier alpha value is -2.56. The summed E-state index contributed by atoms with van der Waals surface area (Å²) in [4.78, 5) is 24.9. The second-order valence-electron chi connectivity index (χ2n) is 7.57. The van der Waals surface area contributed by atoms with Crippen molar-refractivity contribution in [1.29, 1.82) is 0 Å². The predicted octanol–water partition coefficient (Wildman–Crippen LogP) is 3.26. The van der Waals surface area contributed by atoms with Gasteiger partial charge in [-0.05, 0) is 18.9 Å². The first-order chi connectivity index (χ1) is 12.0. The maximum atomic E-state index is 12.7. The zero-order valence-electron chi connectivity index (χ0n) is 13.9. The Bertz CT molecular complexity index is 859. The van der Waals surface area contributed by atoms with Crippen molar-refractivity contribution in [3.05, 3.63) is 59.6 Å². The minimum Gasteiger partial charge on any atom is -0.472 e. The molecular formula is C20H18O5. The number of fused-ring (bicyclic) bond motifs is 2. The minimum absolute atomic E-state index is 0.0219. The molecule has 0 bridgehead atoms. The summed E-state index contributed by atoms with van der Waals surface area (Å²) in [6.07, 6.45) is 12.0. The Kier molecular flexibility index (Phi) is 2.80. The molecule has 2 saturated heterocycles. The first kappa shape index (κ1) is 14.8. The summed E-state index contributed by atoms with van der Waals surface area (Å²) in [5.74, 6) is -0.488. The van der Waals surface area contributed by atoms with Crippen LogP contribution in [0.15, 0.2) is 58.5 Å². The fourth-order valence-electron chi connectivity index (χ4n) is 5.11. The van der Waals surface area contributed by atoms with Gasteiger partial charge >= 0.3 is 11.9 Å². The molecule has 1 aromatic heterocycles. The van der Waals surface area contributed by atoms with Gasteiger partial charge < -0.3 is 13.9 Å². The number of carbonyl (C=O) groups is 2. The van der Waals surface area contributed by atoms with E-state index in [1.165, 1.54) is 0 Å². The van der Waals surface area contributed by atoms with Crippen LogP contribution in [0.4, 0.5) is 0 Å². The average Bonchev–Trinajstić information content (AvgIpc) is 3.23. The Morgan fingerprint density at radius 3 is 2.88 bits per heavy atom. The van der Waals surface area contributed by atoms with Crippen molar-refractivity contribution in [2.24, 2.45) is 16.7 Å². The molecule has 2 aliphatic heterocycles. The summed E-state index contributed by atoms with van der Waals surface area (Å²) in [6.45, 7) is 2.48. The molecule has 5 nitrogen and oxygen atoms in total. The fourth-order valence-corrected chi connectivity index (χ4v) is 5.11. The topological polar surface area (TPSA) is 65.7 Å². The summed E-state index contributed by atoms with van der Waals surface area (Å²) in [5, 5.41) is 0. The Morgan fingerprint density at radius 2 is 2.08 bits per heavy atom. The third kappa shape index (κ3) is 1.78. The molecule has 4 atom stereocenters. The zero-order chi connectivity index (χ0) is 17.2. The van der Waals surface area contributed by atoms with Crippen LogP contribution in [0.25, 0.3) is 0 Å². The highest BCUT2D eigenvalue weighted by molar-refractivity contribution is 5.95. The highest BCUT2D eigenvalue weighted by atomic mass is 16.5. The Labute approximate surface area is 145 Å². The Morgan fingerprint density at radius 1 is 1.20 bits per heavy atom. The van der Waals surface area contributed by atoms with Crippen molar-refractivity contribution in [1.82, 2.24) is 0 Å². The lowest BCUT2D eigenvalue weighted by molar-refractivity contribution is -0.156. The largest absolute Gasteiger partial charge is 0.472 e. The van der Waals surface area contributed by atoms with Gasteiger partial charge in [0.1, 0.15) is 12.7 Å². The molecule has 2 fully saturated rings. The van der Waals surface area contributed by atoms with Crippen LogP contribution in [0, 0.1) is 16.7 Å². The molecule has 3 heterocycles.